The standard InChI is InChI=1S/C30H34N2O5S/c1-8-36-23-17-20(12-15-22(23)35-7)26-25(28(34)37-9-2)18(3)31-29-32(26)27(33)24(38-29)16-19-10-13-21(14-11-19)30(4,5)6/h10-17,26H,8-9H2,1-7H3/b24-16-/t26-/m1/s1. The van der Waals surface area contributed by atoms with E-state index in [4.69, 9.17) is 14.2 Å². The molecule has 0 aliphatic carbocycles. The molecule has 0 unspecified atom stereocenters. The zero-order valence-corrected chi connectivity index (χ0v) is 23.8. The first-order chi connectivity index (χ1) is 18.1. The third-order valence-corrected chi connectivity index (χ3v) is 7.38. The van der Waals surface area contributed by atoms with Crippen LogP contribution in [0.2, 0.25) is 0 Å². The Labute approximate surface area is 226 Å². The second kappa shape index (κ2) is 11.0. The summed E-state index contributed by atoms with van der Waals surface area (Å²) in [6.07, 6.45) is 1.87. The molecule has 7 nitrogen and oxygen atoms in total. The van der Waals surface area contributed by atoms with Gasteiger partial charge in [-0.1, -0.05) is 62.4 Å². The number of benzene rings is 2. The fourth-order valence-electron chi connectivity index (χ4n) is 4.47. The molecule has 1 atom stereocenters. The Morgan fingerprint density at radius 1 is 1.08 bits per heavy atom. The maximum Gasteiger partial charge on any atom is 0.338 e. The summed E-state index contributed by atoms with van der Waals surface area (Å²) in [4.78, 5) is 32.2. The van der Waals surface area contributed by atoms with E-state index in [0.29, 0.717) is 44.3 Å². The van der Waals surface area contributed by atoms with Crippen molar-refractivity contribution < 1.29 is 19.0 Å². The quantitative estimate of drug-likeness (QED) is 0.417. The van der Waals surface area contributed by atoms with E-state index in [1.807, 2.05) is 37.3 Å². The van der Waals surface area contributed by atoms with Gasteiger partial charge in [0.25, 0.3) is 5.56 Å². The van der Waals surface area contributed by atoms with Gasteiger partial charge in [0.2, 0.25) is 0 Å². The smallest absolute Gasteiger partial charge is 0.338 e. The largest absolute Gasteiger partial charge is 0.493 e. The maximum atomic E-state index is 13.8. The van der Waals surface area contributed by atoms with E-state index >= 15 is 0 Å². The molecule has 200 valence electrons. The van der Waals surface area contributed by atoms with Gasteiger partial charge in [-0.2, -0.15) is 0 Å². The molecule has 1 aliphatic heterocycles. The van der Waals surface area contributed by atoms with Gasteiger partial charge in [0.1, 0.15) is 0 Å². The Bertz CT molecular complexity index is 1560. The molecular weight excluding hydrogens is 500 g/mol. The van der Waals surface area contributed by atoms with Gasteiger partial charge in [-0.3, -0.25) is 9.36 Å². The summed E-state index contributed by atoms with van der Waals surface area (Å²) in [6, 6.07) is 12.9. The molecule has 0 saturated carbocycles. The number of nitrogens with zero attached hydrogens (tertiary/aromatic N) is 2. The molecule has 0 N–H and O–H groups in total. The molecule has 38 heavy (non-hydrogen) atoms. The topological polar surface area (TPSA) is 79.1 Å². The van der Waals surface area contributed by atoms with Crippen LogP contribution in [0.25, 0.3) is 6.08 Å². The zero-order chi connectivity index (χ0) is 27.6. The maximum absolute atomic E-state index is 13.8. The van der Waals surface area contributed by atoms with E-state index in [-0.39, 0.29) is 17.6 Å². The number of thiazole rings is 1. The van der Waals surface area contributed by atoms with Crippen LogP contribution in [0.5, 0.6) is 11.5 Å². The molecule has 0 amide bonds. The van der Waals surface area contributed by atoms with Crippen molar-refractivity contribution in [2.24, 2.45) is 4.99 Å². The van der Waals surface area contributed by atoms with E-state index in [2.05, 4.69) is 37.9 Å². The molecule has 8 heteroatoms. The van der Waals surface area contributed by atoms with Crippen molar-refractivity contribution in [1.29, 1.82) is 0 Å². The Balaban J connectivity index is 1.91. The van der Waals surface area contributed by atoms with Gasteiger partial charge < -0.3 is 14.2 Å². The summed E-state index contributed by atoms with van der Waals surface area (Å²) in [5.41, 5.74) is 3.50. The van der Waals surface area contributed by atoms with Crippen molar-refractivity contribution >= 4 is 23.4 Å². The third kappa shape index (κ3) is 5.31. The van der Waals surface area contributed by atoms with Crippen molar-refractivity contribution in [2.75, 3.05) is 20.3 Å². The number of hydrogen-bond donors (Lipinski definition) is 0. The van der Waals surface area contributed by atoms with Gasteiger partial charge in [-0.05, 0) is 61.1 Å². The van der Waals surface area contributed by atoms with E-state index < -0.39 is 12.0 Å². The number of rotatable bonds is 7. The highest BCUT2D eigenvalue weighted by Gasteiger charge is 2.34. The molecule has 0 radical (unpaired) electrons. The summed E-state index contributed by atoms with van der Waals surface area (Å²) < 4.78 is 18.7. The lowest BCUT2D eigenvalue weighted by Crippen LogP contribution is -2.40. The minimum atomic E-state index is -0.721. The van der Waals surface area contributed by atoms with Gasteiger partial charge in [0.05, 0.1) is 42.2 Å². The van der Waals surface area contributed by atoms with Crippen LogP contribution in [-0.2, 0) is 14.9 Å². The predicted molar refractivity (Wildman–Crippen MR) is 150 cm³/mol. The Kier molecular flexibility index (Phi) is 7.92. The second-order valence-corrected chi connectivity index (χ2v) is 11.0. The summed E-state index contributed by atoms with van der Waals surface area (Å²) in [5, 5.41) is 0. The third-order valence-electron chi connectivity index (χ3n) is 6.39. The SMILES string of the molecule is CCOC(=O)C1=C(C)N=c2s/c(=C\c3ccc(C(C)(C)C)cc3)c(=O)n2[C@@H]1c1ccc(OC)c(OCC)c1. The van der Waals surface area contributed by atoms with Gasteiger partial charge in [-0.15, -0.1) is 0 Å². The fourth-order valence-corrected chi connectivity index (χ4v) is 5.52. The van der Waals surface area contributed by atoms with Crippen molar-refractivity contribution in [2.45, 2.75) is 53.0 Å². The van der Waals surface area contributed by atoms with Gasteiger partial charge in [0.15, 0.2) is 16.3 Å². The fraction of sp³-hybridized carbons (Fsp3) is 0.367. The Morgan fingerprint density at radius 2 is 1.79 bits per heavy atom. The van der Waals surface area contributed by atoms with Gasteiger partial charge in [-0.25, -0.2) is 9.79 Å². The van der Waals surface area contributed by atoms with E-state index in [0.717, 1.165) is 5.56 Å². The van der Waals surface area contributed by atoms with Crippen LogP contribution >= 0.6 is 11.3 Å². The van der Waals surface area contributed by atoms with E-state index in [1.165, 1.54) is 16.9 Å². The van der Waals surface area contributed by atoms with Crippen molar-refractivity contribution in [1.82, 2.24) is 4.57 Å². The van der Waals surface area contributed by atoms with E-state index in [1.54, 1.807) is 31.6 Å². The molecule has 2 heterocycles. The number of carbonyl (C=O) groups excluding carboxylic acids is 1. The second-order valence-electron chi connectivity index (χ2n) is 10.0. The summed E-state index contributed by atoms with van der Waals surface area (Å²) in [5.74, 6) is 0.603. The van der Waals surface area contributed by atoms with Crippen LogP contribution in [0, 0.1) is 0 Å². The Morgan fingerprint density at radius 3 is 2.39 bits per heavy atom. The van der Waals surface area contributed by atoms with Gasteiger partial charge in [0, 0.05) is 0 Å². The summed E-state index contributed by atoms with van der Waals surface area (Å²) in [6.45, 7) is 12.6. The van der Waals surface area contributed by atoms with Crippen LogP contribution < -0.4 is 24.4 Å². The average Bonchev–Trinajstić information content (AvgIpc) is 3.17. The number of allylic oxidation sites excluding steroid dienone is 1. The normalized spacial score (nSPS) is 15.7. The number of fused-ring (bicyclic) bond motifs is 1. The molecule has 0 spiro atoms. The molecule has 2 aromatic carbocycles. The van der Waals surface area contributed by atoms with Crippen LogP contribution in [0.15, 0.2) is 63.5 Å². The number of carbonyl (C=O) groups is 1. The first-order valence-electron chi connectivity index (χ1n) is 12.7. The zero-order valence-electron chi connectivity index (χ0n) is 23.0. The molecule has 1 aromatic heterocycles. The van der Waals surface area contributed by atoms with Gasteiger partial charge >= 0.3 is 5.97 Å². The number of methoxy groups -OCH3 is 1. The number of esters is 1. The minimum absolute atomic E-state index is 0.0393. The summed E-state index contributed by atoms with van der Waals surface area (Å²) in [7, 11) is 1.57. The lowest BCUT2D eigenvalue weighted by molar-refractivity contribution is -0.139. The highest BCUT2D eigenvalue weighted by atomic mass is 32.1. The lowest BCUT2D eigenvalue weighted by Gasteiger charge is -2.25. The Hall–Kier alpha value is -3.65. The van der Waals surface area contributed by atoms with Crippen molar-refractivity contribution in [3.63, 3.8) is 0 Å². The average molecular weight is 535 g/mol. The van der Waals surface area contributed by atoms with Crippen molar-refractivity contribution in [3.8, 4) is 11.5 Å². The number of hydrogen-bond acceptors (Lipinski definition) is 7. The van der Waals surface area contributed by atoms with Crippen LogP contribution in [0.1, 0.15) is 64.3 Å². The molecule has 4 rings (SSSR count). The van der Waals surface area contributed by atoms with Crippen molar-refractivity contribution in [3.05, 3.63) is 90.1 Å². The molecule has 0 bridgehead atoms. The lowest BCUT2D eigenvalue weighted by atomic mass is 9.87. The van der Waals surface area contributed by atoms with E-state index in [9.17, 15) is 9.59 Å². The van der Waals surface area contributed by atoms with Crippen LogP contribution in [0.3, 0.4) is 0 Å². The summed E-state index contributed by atoms with van der Waals surface area (Å²) >= 11 is 1.30. The first kappa shape index (κ1) is 27.4. The highest BCUT2D eigenvalue weighted by molar-refractivity contribution is 7.07. The molecular formula is C30H34N2O5S. The highest BCUT2D eigenvalue weighted by Crippen LogP contribution is 2.36. The number of aromatic nitrogens is 1. The first-order valence-corrected chi connectivity index (χ1v) is 13.5. The van der Waals surface area contributed by atoms with Crippen LogP contribution in [-0.4, -0.2) is 30.9 Å². The molecule has 1 aliphatic rings. The van der Waals surface area contributed by atoms with Crippen LogP contribution in [0.4, 0.5) is 0 Å². The molecule has 0 saturated heterocycles. The molecule has 3 aromatic rings. The predicted octanol–water partition coefficient (Wildman–Crippen LogP) is 4.50. The number of ether oxygens (including phenoxy) is 3. The minimum Gasteiger partial charge on any atom is -0.493 e. The molecule has 0 fully saturated rings. The monoisotopic (exact) mass is 534 g/mol.